The number of pyridine rings is 1. The normalized spacial score (nSPS) is 16.3. The Balaban J connectivity index is 1.65. The highest BCUT2D eigenvalue weighted by molar-refractivity contribution is 5.29. The maximum Gasteiger partial charge on any atom is 0.140 e. The maximum atomic E-state index is 5.87. The molecule has 1 N–H and O–H groups in total. The Kier molecular flexibility index (Phi) is 6.31. The minimum absolute atomic E-state index is 0.746. The molecule has 3 nitrogen and oxygen atoms in total. The van der Waals surface area contributed by atoms with Gasteiger partial charge in [0.2, 0.25) is 0 Å². The fourth-order valence-electron chi connectivity index (χ4n) is 2.85. The SMILES string of the molecule is CCc1nc(C)ccc1OCCCNC1CCCCC1. The lowest BCUT2D eigenvalue weighted by Crippen LogP contribution is -2.32. The van der Waals surface area contributed by atoms with Crippen LogP contribution in [0.15, 0.2) is 12.1 Å². The summed E-state index contributed by atoms with van der Waals surface area (Å²) >= 11 is 0. The zero-order valence-corrected chi connectivity index (χ0v) is 13.0. The number of rotatable bonds is 7. The molecule has 1 aliphatic carbocycles. The number of ether oxygens (including phenoxy) is 1. The minimum atomic E-state index is 0.746. The lowest BCUT2D eigenvalue weighted by Gasteiger charge is -2.22. The van der Waals surface area contributed by atoms with Gasteiger partial charge in [0.1, 0.15) is 5.75 Å². The minimum Gasteiger partial charge on any atom is -0.492 e. The summed E-state index contributed by atoms with van der Waals surface area (Å²) in [5, 5.41) is 3.65. The highest BCUT2D eigenvalue weighted by Gasteiger charge is 2.11. The largest absolute Gasteiger partial charge is 0.492 e. The average Bonchev–Trinajstić information content (AvgIpc) is 2.49. The summed E-state index contributed by atoms with van der Waals surface area (Å²) in [5.41, 5.74) is 2.14. The summed E-state index contributed by atoms with van der Waals surface area (Å²) in [6.45, 7) is 5.99. The number of aromatic nitrogens is 1. The highest BCUT2D eigenvalue weighted by atomic mass is 16.5. The third-order valence-electron chi connectivity index (χ3n) is 4.02. The fourth-order valence-corrected chi connectivity index (χ4v) is 2.85. The topological polar surface area (TPSA) is 34.1 Å². The van der Waals surface area contributed by atoms with Crippen molar-refractivity contribution in [3.8, 4) is 5.75 Å². The molecule has 1 aromatic rings. The molecule has 0 amide bonds. The molecule has 1 aliphatic rings. The first-order valence-electron chi connectivity index (χ1n) is 8.12. The van der Waals surface area contributed by atoms with E-state index in [1.54, 1.807) is 0 Å². The van der Waals surface area contributed by atoms with Crippen molar-refractivity contribution >= 4 is 0 Å². The van der Waals surface area contributed by atoms with Crippen molar-refractivity contribution < 1.29 is 4.74 Å². The summed E-state index contributed by atoms with van der Waals surface area (Å²) in [4.78, 5) is 4.52. The van der Waals surface area contributed by atoms with E-state index in [4.69, 9.17) is 4.74 Å². The second-order valence-electron chi connectivity index (χ2n) is 5.74. The lowest BCUT2D eigenvalue weighted by atomic mass is 9.95. The molecular formula is C17H28N2O. The lowest BCUT2D eigenvalue weighted by molar-refractivity contribution is 0.293. The molecule has 0 unspecified atom stereocenters. The molecule has 0 spiro atoms. The fraction of sp³-hybridized carbons (Fsp3) is 0.706. The Morgan fingerprint density at radius 2 is 2.05 bits per heavy atom. The maximum absolute atomic E-state index is 5.87. The summed E-state index contributed by atoms with van der Waals surface area (Å²) in [5.74, 6) is 0.954. The predicted octanol–water partition coefficient (Wildman–Crippen LogP) is 3.64. The van der Waals surface area contributed by atoms with Gasteiger partial charge in [-0.3, -0.25) is 4.98 Å². The Morgan fingerprint density at radius 1 is 1.25 bits per heavy atom. The number of nitrogens with one attached hydrogen (secondary N) is 1. The van der Waals surface area contributed by atoms with Crippen LogP contribution in [0.2, 0.25) is 0 Å². The van der Waals surface area contributed by atoms with Crippen molar-refractivity contribution in [3.63, 3.8) is 0 Å². The molecule has 0 radical (unpaired) electrons. The van der Waals surface area contributed by atoms with Crippen molar-refractivity contribution in [3.05, 3.63) is 23.5 Å². The van der Waals surface area contributed by atoms with Gasteiger partial charge in [-0.25, -0.2) is 0 Å². The van der Waals surface area contributed by atoms with Gasteiger partial charge in [-0.05, 0) is 51.3 Å². The van der Waals surface area contributed by atoms with Crippen LogP contribution in [0.5, 0.6) is 5.75 Å². The second kappa shape index (κ2) is 8.25. The summed E-state index contributed by atoms with van der Waals surface area (Å²) in [7, 11) is 0. The molecule has 0 atom stereocenters. The third-order valence-corrected chi connectivity index (χ3v) is 4.02. The standard InChI is InChI=1S/C17H28N2O/c1-3-16-17(11-10-14(2)19-16)20-13-7-12-18-15-8-5-4-6-9-15/h10-11,15,18H,3-9,12-13H2,1-2H3. The second-order valence-corrected chi connectivity index (χ2v) is 5.74. The zero-order valence-electron chi connectivity index (χ0n) is 13.0. The Morgan fingerprint density at radius 3 is 2.80 bits per heavy atom. The van der Waals surface area contributed by atoms with E-state index < -0.39 is 0 Å². The molecule has 3 heteroatoms. The van der Waals surface area contributed by atoms with Crippen LogP contribution in [0.4, 0.5) is 0 Å². The van der Waals surface area contributed by atoms with Crippen molar-refractivity contribution in [2.45, 2.75) is 64.8 Å². The van der Waals surface area contributed by atoms with E-state index in [2.05, 4.69) is 23.3 Å². The van der Waals surface area contributed by atoms with Gasteiger partial charge >= 0.3 is 0 Å². The van der Waals surface area contributed by atoms with Gasteiger partial charge < -0.3 is 10.1 Å². The predicted molar refractivity (Wildman–Crippen MR) is 83.3 cm³/mol. The van der Waals surface area contributed by atoms with E-state index in [1.165, 1.54) is 32.1 Å². The van der Waals surface area contributed by atoms with E-state index in [0.29, 0.717) is 0 Å². The van der Waals surface area contributed by atoms with Gasteiger partial charge in [-0.15, -0.1) is 0 Å². The van der Waals surface area contributed by atoms with Crippen LogP contribution in [0.3, 0.4) is 0 Å². The van der Waals surface area contributed by atoms with E-state index in [1.807, 2.05) is 13.0 Å². The third kappa shape index (κ3) is 4.78. The van der Waals surface area contributed by atoms with Crippen LogP contribution < -0.4 is 10.1 Å². The molecule has 0 aliphatic heterocycles. The first kappa shape index (κ1) is 15.3. The van der Waals surface area contributed by atoms with Gasteiger partial charge in [0.25, 0.3) is 0 Å². The quantitative estimate of drug-likeness (QED) is 0.772. The summed E-state index contributed by atoms with van der Waals surface area (Å²) in [6, 6.07) is 4.82. The molecule has 112 valence electrons. The van der Waals surface area contributed by atoms with E-state index >= 15 is 0 Å². The van der Waals surface area contributed by atoms with Crippen molar-refractivity contribution in [1.29, 1.82) is 0 Å². The highest BCUT2D eigenvalue weighted by Crippen LogP contribution is 2.18. The molecule has 1 fully saturated rings. The molecule has 1 saturated carbocycles. The number of hydrogen-bond acceptors (Lipinski definition) is 3. The van der Waals surface area contributed by atoms with Crippen LogP contribution in [-0.4, -0.2) is 24.2 Å². The molecule has 0 saturated heterocycles. The van der Waals surface area contributed by atoms with Crippen LogP contribution in [0.1, 0.15) is 56.8 Å². The number of hydrogen-bond donors (Lipinski definition) is 1. The monoisotopic (exact) mass is 276 g/mol. The molecule has 0 bridgehead atoms. The van der Waals surface area contributed by atoms with Crippen LogP contribution in [0.25, 0.3) is 0 Å². The summed E-state index contributed by atoms with van der Waals surface area (Å²) < 4.78 is 5.87. The zero-order chi connectivity index (χ0) is 14.2. The van der Waals surface area contributed by atoms with Gasteiger partial charge in [0.15, 0.2) is 0 Å². The average molecular weight is 276 g/mol. The molecule has 1 heterocycles. The van der Waals surface area contributed by atoms with Crippen LogP contribution in [0, 0.1) is 6.92 Å². The summed E-state index contributed by atoms with van der Waals surface area (Å²) in [6.07, 6.45) is 8.89. The first-order chi connectivity index (χ1) is 9.79. The van der Waals surface area contributed by atoms with Crippen LogP contribution >= 0.6 is 0 Å². The first-order valence-corrected chi connectivity index (χ1v) is 8.12. The molecule has 1 aromatic heterocycles. The van der Waals surface area contributed by atoms with E-state index in [-0.39, 0.29) is 0 Å². The van der Waals surface area contributed by atoms with Crippen LogP contribution in [-0.2, 0) is 6.42 Å². The molecule has 20 heavy (non-hydrogen) atoms. The van der Waals surface area contributed by atoms with Gasteiger partial charge in [0.05, 0.1) is 12.3 Å². The van der Waals surface area contributed by atoms with E-state index in [0.717, 1.165) is 49.2 Å². The molecular weight excluding hydrogens is 248 g/mol. The number of nitrogens with zero attached hydrogens (tertiary/aromatic N) is 1. The Bertz CT molecular complexity index is 400. The Hall–Kier alpha value is -1.09. The smallest absolute Gasteiger partial charge is 0.140 e. The molecule has 0 aromatic carbocycles. The van der Waals surface area contributed by atoms with Crippen molar-refractivity contribution in [1.82, 2.24) is 10.3 Å². The van der Waals surface area contributed by atoms with Gasteiger partial charge in [0, 0.05) is 11.7 Å². The number of aryl methyl sites for hydroxylation is 2. The van der Waals surface area contributed by atoms with E-state index in [9.17, 15) is 0 Å². The molecule has 2 rings (SSSR count). The van der Waals surface area contributed by atoms with Gasteiger partial charge in [-0.1, -0.05) is 26.2 Å². The van der Waals surface area contributed by atoms with Crippen molar-refractivity contribution in [2.75, 3.05) is 13.2 Å². The van der Waals surface area contributed by atoms with Crippen molar-refractivity contribution in [2.24, 2.45) is 0 Å². The van der Waals surface area contributed by atoms with Gasteiger partial charge in [-0.2, -0.15) is 0 Å². The Labute approximate surface area is 123 Å².